The van der Waals surface area contributed by atoms with Gasteiger partial charge in [0, 0.05) is 54.7 Å². The highest BCUT2D eigenvalue weighted by atomic mass is 16.2. The summed E-state index contributed by atoms with van der Waals surface area (Å²) in [6.45, 7) is 4.26. The van der Waals surface area contributed by atoms with E-state index < -0.39 is 0 Å². The number of aryl methyl sites for hydroxylation is 1. The number of carbonyl (C=O) groups excluding carboxylic acids is 2. The first kappa shape index (κ1) is 18.3. The molecule has 1 fully saturated rings. The van der Waals surface area contributed by atoms with E-state index in [4.69, 9.17) is 0 Å². The minimum absolute atomic E-state index is 0.0689. The van der Waals surface area contributed by atoms with Crippen LogP contribution in [-0.4, -0.2) is 50.9 Å². The summed E-state index contributed by atoms with van der Waals surface area (Å²) < 4.78 is 1.87. The Hall–Kier alpha value is -3.09. The van der Waals surface area contributed by atoms with Crippen LogP contribution in [0.3, 0.4) is 0 Å². The lowest BCUT2D eigenvalue weighted by atomic mass is 9.97. The first-order valence-electron chi connectivity index (χ1n) is 9.71. The number of imidazole rings is 1. The molecular weight excluding hydrogens is 354 g/mol. The molecule has 0 spiro atoms. The highest BCUT2D eigenvalue weighted by molar-refractivity contribution is 5.98. The van der Waals surface area contributed by atoms with E-state index in [-0.39, 0.29) is 17.7 Å². The van der Waals surface area contributed by atoms with E-state index in [9.17, 15) is 9.59 Å². The SMILES string of the molecule is Cc1nccn1CC(=O)N1CCCC(CNC(=O)c2ccc3[nH]ccc3c2)C1. The Morgan fingerprint density at radius 2 is 2.21 bits per heavy atom. The lowest BCUT2D eigenvalue weighted by Crippen LogP contribution is -2.44. The molecule has 4 rings (SSSR count). The third-order valence-electron chi connectivity index (χ3n) is 5.47. The van der Waals surface area contributed by atoms with Crippen LogP contribution in [-0.2, 0) is 11.3 Å². The summed E-state index contributed by atoms with van der Waals surface area (Å²) in [7, 11) is 0. The summed E-state index contributed by atoms with van der Waals surface area (Å²) in [5.41, 5.74) is 1.68. The van der Waals surface area contributed by atoms with Crippen LogP contribution in [0.2, 0.25) is 0 Å². The molecule has 146 valence electrons. The minimum Gasteiger partial charge on any atom is -0.361 e. The number of amides is 2. The van der Waals surface area contributed by atoms with Gasteiger partial charge in [-0.3, -0.25) is 9.59 Å². The van der Waals surface area contributed by atoms with Crippen molar-refractivity contribution in [2.45, 2.75) is 26.3 Å². The Kier molecular flexibility index (Phi) is 5.14. The number of H-pyrrole nitrogens is 1. The molecule has 1 saturated heterocycles. The van der Waals surface area contributed by atoms with E-state index in [2.05, 4.69) is 15.3 Å². The highest BCUT2D eigenvalue weighted by Gasteiger charge is 2.24. The van der Waals surface area contributed by atoms with Crippen LogP contribution in [0.15, 0.2) is 42.9 Å². The zero-order chi connectivity index (χ0) is 19.5. The van der Waals surface area contributed by atoms with Crippen molar-refractivity contribution in [2.24, 2.45) is 5.92 Å². The fraction of sp³-hybridized carbons (Fsp3) is 0.381. The molecule has 1 aliphatic heterocycles. The first-order valence-corrected chi connectivity index (χ1v) is 9.71. The topological polar surface area (TPSA) is 83.0 Å². The van der Waals surface area contributed by atoms with Crippen molar-refractivity contribution >= 4 is 22.7 Å². The molecule has 3 aromatic rings. The van der Waals surface area contributed by atoms with Crippen molar-refractivity contribution in [1.29, 1.82) is 0 Å². The van der Waals surface area contributed by atoms with Gasteiger partial charge in [-0.05, 0) is 49.9 Å². The quantitative estimate of drug-likeness (QED) is 0.714. The Bertz CT molecular complexity index is 990. The maximum absolute atomic E-state index is 12.6. The number of carbonyl (C=O) groups is 2. The van der Waals surface area contributed by atoms with Gasteiger partial charge < -0.3 is 19.8 Å². The number of fused-ring (bicyclic) bond motifs is 1. The number of hydrogen-bond acceptors (Lipinski definition) is 3. The molecule has 0 aliphatic carbocycles. The molecule has 7 nitrogen and oxygen atoms in total. The largest absolute Gasteiger partial charge is 0.361 e. The second kappa shape index (κ2) is 7.88. The Morgan fingerprint density at radius 1 is 1.32 bits per heavy atom. The molecule has 2 N–H and O–H groups in total. The van der Waals surface area contributed by atoms with Crippen LogP contribution in [0.5, 0.6) is 0 Å². The molecule has 7 heteroatoms. The first-order chi connectivity index (χ1) is 13.6. The zero-order valence-electron chi connectivity index (χ0n) is 16.0. The molecule has 28 heavy (non-hydrogen) atoms. The average Bonchev–Trinajstić information content (AvgIpc) is 3.34. The van der Waals surface area contributed by atoms with Gasteiger partial charge in [0.25, 0.3) is 5.91 Å². The zero-order valence-corrected chi connectivity index (χ0v) is 16.0. The maximum Gasteiger partial charge on any atom is 0.251 e. The van der Waals surface area contributed by atoms with Gasteiger partial charge >= 0.3 is 0 Å². The summed E-state index contributed by atoms with van der Waals surface area (Å²) in [6.07, 6.45) is 7.39. The van der Waals surface area contributed by atoms with E-state index in [0.717, 1.165) is 36.1 Å². The molecule has 0 saturated carbocycles. The minimum atomic E-state index is -0.0689. The number of hydrogen-bond donors (Lipinski definition) is 2. The molecule has 1 atom stereocenters. The Labute approximate surface area is 163 Å². The second-order valence-electron chi connectivity index (χ2n) is 7.44. The average molecular weight is 379 g/mol. The molecule has 1 unspecified atom stereocenters. The van der Waals surface area contributed by atoms with Crippen LogP contribution in [0.25, 0.3) is 10.9 Å². The fourth-order valence-corrected chi connectivity index (χ4v) is 3.81. The van der Waals surface area contributed by atoms with Crippen molar-refractivity contribution in [3.05, 3.63) is 54.2 Å². The molecule has 3 heterocycles. The number of nitrogens with zero attached hydrogens (tertiary/aromatic N) is 3. The summed E-state index contributed by atoms with van der Waals surface area (Å²) >= 11 is 0. The van der Waals surface area contributed by atoms with Gasteiger partial charge in [-0.15, -0.1) is 0 Å². The number of benzene rings is 1. The van der Waals surface area contributed by atoms with Crippen molar-refractivity contribution in [3.63, 3.8) is 0 Å². The normalized spacial score (nSPS) is 17.0. The summed E-state index contributed by atoms with van der Waals surface area (Å²) in [5, 5.41) is 4.06. The van der Waals surface area contributed by atoms with Crippen LogP contribution in [0.4, 0.5) is 0 Å². The fourth-order valence-electron chi connectivity index (χ4n) is 3.81. The molecule has 1 aromatic carbocycles. The van der Waals surface area contributed by atoms with E-state index in [0.29, 0.717) is 25.2 Å². The van der Waals surface area contributed by atoms with Crippen molar-refractivity contribution in [3.8, 4) is 0 Å². The molecule has 0 bridgehead atoms. The Balaban J connectivity index is 1.31. The van der Waals surface area contributed by atoms with Gasteiger partial charge in [0.15, 0.2) is 0 Å². The van der Waals surface area contributed by atoms with Crippen molar-refractivity contribution in [2.75, 3.05) is 19.6 Å². The van der Waals surface area contributed by atoms with E-state index >= 15 is 0 Å². The number of piperidine rings is 1. The number of aromatic amines is 1. The van der Waals surface area contributed by atoms with Crippen LogP contribution >= 0.6 is 0 Å². The molecule has 2 amide bonds. The number of likely N-dealkylation sites (tertiary alicyclic amines) is 1. The van der Waals surface area contributed by atoms with E-state index in [1.54, 1.807) is 6.20 Å². The Morgan fingerprint density at radius 3 is 3.04 bits per heavy atom. The smallest absolute Gasteiger partial charge is 0.251 e. The van der Waals surface area contributed by atoms with Crippen molar-refractivity contribution in [1.82, 2.24) is 24.8 Å². The number of aromatic nitrogens is 3. The lowest BCUT2D eigenvalue weighted by molar-refractivity contribution is -0.133. The van der Waals surface area contributed by atoms with E-state index in [1.807, 2.05) is 53.0 Å². The second-order valence-corrected chi connectivity index (χ2v) is 7.44. The molecule has 2 aromatic heterocycles. The van der Waals surface area contributed by atoms with Gasteiger partial charge in [-0.1, -0.05) is 0 Å². The summed E-state index contributed by atoms with van der Waals surface area (Å²) in [5.74, 6) is 1.16. The number of nitrogens with one attached hydrogen (secondary N) is 2. The van der Waals surface area contributed by atoms with Gasteiger partial charge in [-0.25, -0.2) is 4.98 Å². The number of rotatable bonds is 5. The maximum atomic E-state index is 12.6. The van der Waals surface area contributed by atoms with Gasteiger partial charge in [0.05, 0.1) is 0 Å². The predicted molar refractivity (Wildman–Crippen MR) is 107 cm³/mol. The predicted octanol–water partition coefficient (Wildman–Crippen LogP) is 2.34. The monoisotopic (exact) mass is 379 g/mol. The highest BCUT2D eigenvalue weighted by Crippen LogP contribution is 2.18. The van der Waals surface area contributed by atoms with E-state index in [1.165, 1.54) is 0 Å². The van der Waals surface area contributed by atoms with Gasteiger partial charge in [-0.2, -0.15) is 0 Å². The molecule has 1 aliphatic rings. The van der Waals surface area contributed by atoms with Gasteiger partial charge in [0.1, 0.15) is 12.4 Å². The molecule has 0 radical (unpaired) electrons. The summed E-state index contributed by atoms with van der Waals surface area (Å²) in [6, 6.07) is 7.60. The van der Waals surface area contributed by atoms with Crippen LogP contribution < -0.4 is 5.32 Å². The summed E-state index contributed by atoms with van der Waals surface area (Å²) in [4.78, 5) is 34.3. The van der Waals surface area contributed by atoms with Gasteiger partial charge in [0.2, 0.25) is 5.91 Å². The lowest BCUT2D eigenvalue weighted by Gasteiger charge is -2.33. The third kappa shape index (κ3) is 3.93. The van der Waals surface area contributed by atoms with Crippen LogP contribution in [0.1, 0.15) is 29.0 Å². The van der Waals surface area contributed by atoms with Crippen LogP contribution in [0, 0.1) is 12.8 Å². The third-order valence-corrected chi connectivity index (χ3v) is 5.47. The molecular formula is C21H25N5O2. The van der Waals surface area contributed by atoms with Crippen molar-refractivity contribution < 1.29 is 9.59 Å². The standard InChI is InChI=1S/C21H25N5O2/c1-15-22-8-10-25(15)14-20(27)26-9-2-3-16(13-26)12-24-21(28)18-4-5-19-17(11-18)6-7-23-19/h4-8,10-11,16,23H,2-3,9,12-14H2,1H3,(H,24,28).